The Labute approximate surface area is 126 Å². The molecule has 1 aliphatic heterocycles. The van der Waals surface area contributed by atoms with Gasteiger partial charge in [-0.1, -0.05) is 24.3 Å². The van der Waals surface area contributed by atoms with Crippen molar-refractivity contribution in [1.29, 1.82) is 0 Å². The van der Waals surface area contributed by atoms with Gasteiger partial charge in [-0.05, 0) is 45.1 Å². The molecule has 0 bridgehead atoms. The lowest BCUT2D eigenvalue weighted by molar-refractivity contribution is 0.0288. The maximum atomic E-state index is 12.0. The Morgan fingerprint density at radius 1 is 1.38 bits per heavy atom. The summed E-state index contributed by atoms with van der Waals surface area (Å²) in [6.07, 6.45) is 2.44. The fourth-order valence-electron chi connectivity index (χ4n) is 2.64. The molecule has 4 nitrogen and oxygen atoms in total. The molecule has 4 heteroatoms. The minimum atomic E-state index is -0.459. The highest BCUT2D eigenvalue weighted by atomic mass is 16.6. The van der Waals surface area contributed by atoms with Crippen molar-refractivity contribution < 1.29 is 14.3 Å². The van der Waals surface area contributed by atoms with Crippen molar-refractivity contribution in [3.63, 3.8) is 0 Å². The van der Waals surface area contributed by atoms with E-state index < -0.39 is 5.60 Å². The number of hydrogen-bond donors (Lipinski definition) is 0. The van der Waals surface area contributed by atoms with Crippen molar-refractivity contribution >= 4 is 12.4 Å². The van der Waals surface area contributed by atoms with E-state index in [4.69, 9.17) is 4.74 Å². The SMILES string of the molecule is CC(C)(C)OC(=O)N1CCC(Cc2ccccc2C=O)C1. The fraction of sp³-hybridized carbons (Fsp3) is 0.529. The van der Waals surface area contributed by atoms with Gasteiger partial charge in [-0.3, -0.25) is 4.79 Å². The zero-order valence-electron chi connectivity index (χ0n) is 13.0. The molecule has 1 fully saturated rings. The first-order valence-corrected chi connectivity index (χ1v) is 7.40. The number of benzene rings is 1. The summed E-state index contributed by atoms with van der Waals surface area (Å²) in [5.74, 6) is 0.388. The number of carbonyl (C=O) groups excluding carboxylic acids is 2. The van der Waals surface area contributed by atoms with E-state index in [0.717, 1.165) is 36.8 Å². The van der Waals surface area contributed by atoms with Gasteiger partial charge >= 0.3 is 6.09 Å². The van der Waals surface area contributed by atoms with Gasteiger partial charge in [-0.25, -0.2) is 4.79 Å². The third-order valence-electron chi connectivity index (χ3n) is 3.63. The van der Waals surface area contributed by atoms with Crippen LogP contribution in [0.5, 0.6) is 0 Å². The van der Waals surface area contributed by atoms with Crippen LogP contribution in [0.2, 0.25) is 0 Å². The number of nitrogens with zero attached hydrogens (tertiary/aromatic N) is 1. The summed E-state index contributed by atoms with van der Waals surface area (Å²) in [6, 6.07) is 7.64. The Bertz CT molecular complexity index is 519. The van der Waals surface area contributed by atoms with Gasteiger partial charge in [0.2, 0.25) is 0 Å². The minimum absolute atomic E-state index is 0.242. The molecule has 0 aromatic heterocycles. The Balaban J connectivity index is 1.94. The summed E-state index contributed by atoms with van der Waals surface area (Å²) in [7, 11) is 0. The van der Waals surface area contributed by atoms with Gasteiger partial charge in [-0.2, -0.15) is 0 Å². The molecular formula is C17H23NO3. The number of ether oxygens (including phenoxy) is 1. The molecule has 1 atom stereocenters. The molecule has 1 aromatic carbocycles. The lowest BCUT2D eigenvalue weighted by Crippen LogP contribution is -2.35. The first-order valence-electron chi connectivity index (χ1n) is 7.40. The number of carbonyl (C=O) groups is 2. The quantitative estimate of drug-likeness (QED) is 0.802. The van der Waals surface area contributed by atoms with Gasteiger partial charge in [0.05, 0.1) is 0 Å². The van der Waals surface area contributed by atoms with Crippen LogP contribution >= 0.6 is 0 Å². The highest BCUT2D eigenvalue weighted by Gasteiger charge is 2.29. The van der Waals surface area contributed by atoms with Crippen LogP contribution in [-0.4, -0.2) is 36.0 Å². The molecule has 0 aliphatic carbocycles. The molecule has 21 heavy (non-hydrogen) atoms. The minimum Gasteiger partial charge on any atom is -0.444 e. The van der Waals surface area contributed by atoms with Crippen molar-refractivity contribution in [2.24, 2.45) is 5.92 Å². The van der Waals surface area contributed by atoms with Crippen molar-refractivity contribution in [2.45, 2.75) is 39.2 Å². The van der Waals surface area contributed by atoms with Gasteiger partial charge in [0.1, 0.15) is 11.9 Å². The molecule has 1 aliphatic rings. The number of hydrogen-bond acceptors (Lipinski definition) is 3. The monoisotopic (exact) mass is 289 g/mol. The van der Waals surface area contributed by atoms with E-state index in [1.165, 1.54) is 0 Å². The molecule has 1 aromatic rings. The lowest BCUT2D eigenvalue weighted by Gasteiger charge is -2.24. The predicted molar refractivity (Wildman–Crippen MR) is 81.4 cm³/mol. The summed E-state index contributed by atoms with van der Waals surface area (Å²) in [5, 5.41) is 0. The maximum absolute atomic E-state index is 12.0. The van der Waals surface area contributed by atoms with Crippen molar-refractivity contribution in [3.8, 4) is 0 Å². The number of amides is 1. The normalized spacial score (nSPS) is 18.6. The van der Waals surface area contributed by atoms with Crippen LogP contribution in [0, 0.1) is 5.92 Å². The summed E-state index contributed by atoms with van der Waals surface area (Å²) in [4.78, 5) is 24.8. The van der Waals surface area contributed by atoms with Gasteiger partial charge in [0.15, 0.2) is 0 Å². The predicted octanol–water partition coefficient (Wildman–Crippen LogP) is 3.30. The Hall–Kier alpha value is -1.84. The van der Waals surface area contributed by atoms with Gasteiger partial charge in [-0.15, -0.1) is 0 Å². The molecule has 2 rings (SSSR count). The number of rotatable bonds is 3. The zero-order valence-corrected chi connectivity index (χ0v) is 13.0. The molecule has 0 spiro atoms. The maximum Gasteiger partial charge on any atom is 0.410 e. The second-order valence-corrected chi connectivity index (χ2v) is 6.60. The van der Waals surface area contributed by atoms with Gasteiger partial charge in [0, 0.05) is 18.7 Å². The average Bonchev–Trinajstić information content (AvgIpc) is 2.86. The summed E-state index contributed by atoms with van der Waals surface area (Å²) >= 11 is 0. The molecule has 0 radical (unpaired) electrons. The molecule has 0 N–H and O–H groups in total. The zero-order chi connectivity index (χ0) is 15.5. The van der Waals surface area contributed by atoms with Crippen LogP contribution in [0.3, 0.4) is 0 Å². The molecule has 0 saturated carbocycles. The first-order chi connectivity index (χ1) is 9.89. The van der Waals surface area contributed by atoms with Crippen LogP contribution in [0.25, 0.3) is 0 Å². The van der Waals surface area contributed by atoms with Crippen molar-refractivity contribution in [3.05, 3.63) is 35.4 Å². The first kappa shape index (κ1) is 15.5. The van der Waals surface area contributed by atoms with E-state index >= 15 is 0 Å². The lowest BCUT2D eigenvalue weighted by atomic mass is 9.95. The highest BCUT2D eigenvalue weighted by molar-refractivity contribution is 5.77. The topological polar surface area (TPSA) is 46.6 Å². The summed E-state index contributed by atoms with van der Waals surface area (Å²) in [6.45, 7) is 7.04. The molecule has 1 heterocycles. The van der Waals surface area contributed by atoms with Gasteiger partial charge < -0.3 is 9.64 Å². The van der Waals surface area contributed by atoms with Crippen LogP contribution in [0.4, 0.5) is 4.79 Å². The standard InChI is InChI=1S/C17H23NO3/c1-17(2,3)21-16(20)18-9-8-13(11-18)10-14-6-4-5-7-15(14)12-19/h4-7,12-13H,8-11H2,1-3H3. The third kappa shape index (κ3) is 4.31. The number of likely N-dealkylation sites (tertiary alicyclic amines) is 1. The third-order valence-corrected chi connectivity index (χ3v) is 3.63. The number of aldehydes is 1. The highest BCUT2D eigenvalue weighted by Crippen LogP contribution is 2.23. The smallest absolute Gasteiger partial charge is 0.410 e. The second-order valence-electron chi connectivity index (χ2n) is 6.60. The molecular weight excluding hydrogens is 266 g/mol. The van der Waals surface area contributed by atoms with E-state index in [-0.39, 0.29) is 6.09 Å². The van der Waals surface area contributed by atoms with E-state index in [9.17, 15) is 9.59 Å². The Morgan fingerprint density at radius 3 is 2.76 bits per heavy atom. The summed E-state index contributed by atoms with van der Waals surface area (Å²) < 4.78 is 5.40. The van der Waals surface area contributed by atoms with E-state index in [1.807, 2.05) is 45.0 Å². The Morgan fingerprint density at radius 2 is 2.10 bits per heavy atom. The largest absolute Gasteiger partial charge is 0.444 e. The molecule has 1 amide bonds. The Kier molecular flexibility index (Phi) is 4.66. The fourth-order valence-corrected chi connectivity index (χ4v) is 2.64. The molecule has 114 valence electrons. The van der Waals surface area contributed by atoms with Crippen LogP contribution in [0.15, 0.2) is 24.3 Å². The summed E-state index contributed by atoms with van der Waals surface area (Å²) in [5.41, 5.74) is 1.34. The van der Waals surface area contributed by atoms with Crippen LogP contribution in [-0.2, 0) is 11.2 Å². The van der Waals surface area contributed by atoms with E-state index in [1.54, 1.807) is 4.90 Å². The molecule has 1 unspecified atom stereocenters. The second kappa shape index (κ2) is 6.29. The van der Waals surface area contributed by atoms with E-state index in [2.05, 4.69) is 0 Å². The average molecular weight is 289 g/mol. The van der Waals surface area contributed by atoms with Gasteiger partial charge in [0.25, 0.3) is 0 Å². The molecule has 1 saturated heterocycles. The van der Waals surface area contributed by atoms with Crippen LogP contribution in [0.1, 0.15) is 43.1 Å². The van der Waals surface area contributed by atoms with E-state index in [0.29, 0.717) is 12.5 Å². The van der Waals surface area contributed by atoms with Crippen molar-refractivity contribution in [2.75, 3.05) is 13.1 Å². The van der Waals surface area contributed by atoms with Crippen molar-refractivity contribution in [1.82, 2.24) is 4.90 Å². The van der Waals surface area contributed by atoms with Crippen LogP contribution < -0.4 is 0 Å².